The average molecular weight is 347 g/mol. The number of thioether (sulfide) groups is 1. The fourth-order valence-electron chi connectivity index (χ4n) is 1.99. The second-order valence-electron chi connectivity index (χ2n) is 5.59. The van der Waals surface area contributed by atoms with Crippen LogP contribution in [0, 0.1) is 0 Å². The Morgan fingerprint density at radius 3 is 2.58 bits per heavy atom. The van der Waals surface area contributed by atoms with E-state index in [9.17, 15) is 9.59 Å². The number of nitrogens with zero attached hydrogens (tertiary/aromatic N) is 3. The minimum Gasteiger partial charge on any atom is -0.336 e. The number of imide groups is 1. The van der Waals surface area contributed by atoms with Crippen molar-refractivity contribution < 1.29 is 9.59 Å². The second-order valence-corrected chi connectivity index (χ2v) is 6.53. The van der Waals surface area contributed by atoms with Crippen molar-refractivity contribution >= 4 is 23.7 Å². The van der Waals surface area contributed by atoms with E-state index in [0.717, 1.165) is 11.4 Å². The molecule has 0 aliphatic carbocycles. The summed E-state index contributed by atoms with van der Waals surface area (Å²) in [6, 6.07) is 9.48. The van der Waals surface area contributed by atoms with Crippen LogP contribution in [0.15, 0.2) is 35.5 Å². The molecule has 0 fully saturated rings. The Balaban J connectivity index is 1.87. The summed E-state index contributed by atoms with van der Waals surface area (Å²) in [5.74, 6) is 0.551. The van der Waals surface area contributed by atoms with E-state index < -0.39 is 6.03 Å². The first-order chi connectivity index (χ1) is 11.5. The third-order valence-electron chi connectivity index (χ3n) is 3.14. The lowest BCUT2D eigenvalue weighted by molar-refractivity contribution is -0.117. The average Bonchev–Trinajstić information content (AvgIpc) is 2.86. The van der Waals surface area contributed by atoms with Crippen molar-refractivity contribution in [2.75, 3.05) is 5.75 Å². The lowest BCUT2D eigenvalue weighted by Gasteiger charge is -2.08. The van der Waals surface area contributed by atoms with Gasteiger partial charge in [-0.05, 0) is 19.4 Å². The van der Waals surface area contributed by atoms with Gasteiger partial charge in [-0.1, -0.05) is 42.1 Å². The molecule has 2 rings (SSSR count). The van der Waals surface area contributed by atoms with Crippen molar-refractivity contribution in [1.82, 2.24) is 25.4 Å². The van der Waals surface area contributed by atoms with Gasteiger partial charge in [0.1, 0.15) is 5.82 Å². The van der Waals surface area contributed by atoms with Gasteiger partial charge in [0.2, 0.25) is 5.91 Å². The van der Waals surface area contributed by atoms with Gasteiger partial charge in [-0.2, -0.15) is 0 Å². The lowest BCUT2D eigenvalue weighted by Crippen LogP contribution is -2.43. The third kappa shape index (κ3) is 5.38. The Kier molecular flexibility index (Phi) is 6.36. The van der Waals surface area contributed by atoms with Gasteiger partial charge in [0.15, 0.2) is 5.16 Å². The van der Waals surface area contributed by atoms with Crippen LogP contribution in [0.3, 0.4) is 0 Å². The third-order valence-corrected chi connectivity index (χ3v) is 4.16. The number of nitrogens with one attached hydrogen (secondary N) is 2. The Morgan fingerprint density at radius 1 is 1.21 bits per heavy atom. The minimum absolute atomic E-state index is 0.0234. The van der Waals surface area contributed by atoms with Gasteiger partial charge in [0, 0.05) is 19.5 Å². The zero-order valence-electron chi connectivity index (χ0n) is 13.9. The topological polar surface area (TPSA) is 88.9 Å². The zero-order valence-corrected chi connectivity index (χ0v) is 14.8. The summed E-state index contributed by atoms with van der Waals surface area (Å²) >= 11 is 1.24. The summed E-state index contributed by atoms with van der Waals surface area (Å²) in [6.45, 7) is 3.65. The van der Waals surface area contributed by atoms with E-state index in [1.54, 1.807) is 0 Å². The van der Waals surface area contributed by atoms with Gasteiger partial charge in [-0.3, -0.25) is 10.1 Å². The predicted octanol–water partition coefficient (Wildman–Crippen LogP) is 1.73. The van der Waals surface area contributed by atoms with Gasteiger partial charge in [0.25, 0.3) is 0 Å². The van der Waals surface area contributed by atoms with E-state index in [0.29, 0.717) is 11.6 Å². The summed E-state index contributed by atoms with van der Waals surface area (Å²) in [5, 5.41) is 13.8. The zero-order chi connectivity index (χ0) is 17.5. The summed E-state index contributed by atoms with van der Waals surface area (Å²) in [5.41, 5.74) is 1.15. The van der Waals surface area contributed by atoms with Crippen molar-refractivity contribution in [3.05, 3.63) is 41.7 Å². The van der Waals surface area contributed by atoms with Crippen LogP contribution in [0.2, 0.25) is 0 Å². The summed E-state index contributed by atoms with van der Waals surface area (Å²) < 4.78 is 1.86. The number of carbonyl (C=O) groups is 2. The summed E-state index contributed by atoms with van der Waals surface area (Å²) in [6.07, 6.45) is 0.674. The molecule has 0 aliphatic heterocycles. The van der Waals surface area contributed by atoms with Crippen LogP contribution < -0.4 is 10.6 Å². The molecule has 0 saturated heterocycles. The molecule has 1 aromatic carbocycles. The first-order valence-corrected chi connectivity index (χ1v) is 8.59. The molecule has 0 atom stereocenters. The number of carbonyl (C=O) groups excluding carboxylic acids is 2. The molecule has 2 N–H and O–H groups in total. The summed E-state index contributed by atoms with van der Waals surface area (Å²) in [4.78, 5) is 23.2. The van der Waals surface area contributed by atoms with Crippen LogP contribution in [0.4, 0.5) is 4.79 Å². The molecule has 1 heterocycles. The van der Waals surface area contributed by atoms with Crippen LogP contribution in [0.25, 0.3) is 0 Å². The highest BCUT2D eigenvalue weighted by atomic mass is 32.2. The molecule has 0 aliphatic rings. The lowest BCUT2D eigenvalue weighted by atomic mass is 10.1. The van der Waals surface area contributed by atoms with Crippen LogP contribution in [-0.4, -0.2) is 38.5 Å². The molecule has 0 spiro atoms. The first kappa shape index (κ1) is 18.0. The molecule has 0 saturated carbocycles. The van der Waals surface area contributed by atoms with Crippen LogP contribution in [0.5, 0.6) is 0 Å². The van der Waals surface area contributed by atoms with Crippen molar-refractivity contribution in [3.8, 4) is 0 Å². The van der Waals surface area contributed by atoms with Crippen molar-refractivity contribution in [1.29, 1.82) is 0 Å². The number of rotatable bonds is 6. The van der Waals surface area contributed by atoms with E-state index in [1.165, 1.54) is 11.8 Å². The molecule has 1 aromatic heterocycles. The molecule has 24 heavy (non-hydrogen) atoms. The van der Waals surface area contributed by atoms with Gasteiger partial charge in [0.05, 0.1) is 5.75 Å². The highest BCUT2D eigenvalue weighted by Gasteiger charge is 2.13. The Bertz CT molecular complexity index is 700. The number of hydrogen-bond donors (Lipinski definition) is 2. The van der Waals surface area contributed by atoms with E-state index in [-0.39, 0.29) is 17.7 Å². The van der Waals surface area contributed by atoms with Gasteiger partial charge >= 0.3 is 6.03 Å². The maximum atomic E-state index is 11.8. The summed E-state index contributed by atoms with van der Waals surface area (Å²) in [7, 11) is 1.87. The fraction of sp³-hybridized carbons (Fsp3) is 0.375. The molecule has 0 radical (unpaired) electrons. The maximum Gasteiger partial charge on any atom is 0.321 e. The highest BCUT2D eigenvalue weighted by Crippen LogP contribution is 2.17. The molecule has 8 heteroatoms. The Hall–Kier alpha value is -2.35. The largest absolute Gasteiger partial charge is 0.336 e. The van der Waals surface area contributed by atoms with Crippen LogP contribution in [-0.2, 0) is 18.3 Å². The molecule has 128 valence electrons. The van der Waals surface area contributed by atoms with Gasteiger partial charge in [-0.25, -0.2) is 4.79 Å². The predicted molar refractivity (Wildman–Crippen MR) is 92.8 cm³/mol. The molecule has 0 unspecified atom stereocenters. The van der Waals surface area contributed by atoms with Gasteiger partial charge in [-0.15, -0.1) is 10.2 Å². The van der Waals surface area contributed by atoms with Crippen molar-refractivity contribution in [2.24, 2.45) is 7.05 Å². The first-order valence-electron chi connectivity index (χ1n) is 7.61. The molecule has 2 aromatic rings. The molecule has 0 bridgehead atoms. The molecule has 7 nitrogen and oxygen atoms in total. The van der Waals surface area contributed by atoms with E-state index in [4.69, 9.17) is 0 Å². The number of aromatic nitrogens is 3. The van der Waals surface area contributed by atoms with E-state index >= 15 is 0 Å². The molecular formula is C16H21N5O2S. The van der Waals surface area contributed by atoms with Crippen molar-refractivity contribution in [3.63, 3.8) is 0 Å². The standard InChI is InChI=1S/C16H21N5O2S/c1-11(2)17-15(23)18-14(22)10-24-16-20-19-13(21(16)3)9-12-7-5-4-6-8-12/h4-8,11H,9-10H2,1-3H3,(H2,17,18,22,23). The minimum atomic E-state index is -0.488. The second kappa shape index (κ2) is 8.49. The van der Waals surface area contributed by atoms with E-state index in [1.807, 2.05) is 55.8 Å². The van der Waals surface area contributed by atoms with E-state index in [2.05, 4.69) is 20.8 Å². The molecule has 3 amide bonds. The monoisotopic (exact) mass is 347 g/mol. The van der Waals surface area contributed by atoms with Crippen LogP contribution in [0.1, 0.15) is 25.2 Å². The highest BCUT2D eigenvalue weighted by molar-refractivity contribution is 7.99. The Morgan fingerprint density at radius 2 is 1.92 bits per heavy atom. The van der Waals surface area contributed by atoms with Crippen LogP contribution >= 0.6 is 11.8 Å². The number of benzene rings is 1. The van der Waals surface area contributed by atoms with Gasteiger partial charge < -0.3 is 9.88 Å². The number of urea groups is 1. The van der Waals surface area contributed by atoms with Crippen molar-refractivity contribution in [2.45, 2.75) is 31.5 Å². The fourth-order valence-corrected chi connectivity index (χ4v) is 2.72. The number of amides is 3. The molecular weight excluding hydrogens is 326 g/mol. The quantitative estimate of drug-likeness (QED) is 0.777. The maximum absolute atomic E-state index is 11.8. The normalized spacial score (nSPS) is 10.7. The SMILES string of the molecule is CC(C)NC(=O)NC(=O)CSc1nnc(Cc2ccccc2)n1C. The number of hydrogen-bond acceptors (Lipinski definition) is 5. The Labute approximate surface area is 145 Å². The smallest absolute Gasteiger partial charge is 0.321 e.